The molecule has 0 radical (unpaired) electrons. The lowest BCUT2D eigenvalue weighted by atomic mass is 10.0. The van der Waals surface area contributed by atoms with Gasteiger partial charge < -0.3 is 22.7 Å². The molecule has 0 aromatic carbocycles. The van der Waals surface area contributed by atoms with Gasteiger partial charge >= 0.3 is 0 Å². The van der Waals surface area contributed by atoms with E-state index in [1.807, 2.05) is 6.92 Å². The van der Waals surface area contributed by atoms with Gasteiger partial charge in [-0.25, -0.2) is 0 Å². The van der Waals surface area contributed by atoms with E-state index in [1.54, 1.807) is 0 Å². The van der Waals surface area contributed by atoms with Crippen LogP contribution in [0.3, 0.4) is 0 Å². The second-order valence-corrected chi connectivity index (χ2v) is 2.46. The summed E-state index contributed by atoms with van der Waals surface area (Å²) in [5, 5.41) is 8.47. The topological polar surface area (TPSA) is 107 Å². The largest absolute Gasteiger partial charge is 0.396 e. The highest BCUT2D eigenvalue weighted by atomic mass is 16.3. The molecule has 0 aliphatic heterocycles. The fourth-order valence-electron chi connectivity index (χ4n) is 0.799. The minimum Gasteiger partial charge on any atom is -0.396 e. The second-order valence-electron chi connectivity index (χ2n) is 2.46. The van der Waals surface area contributed by atoms with Crippen LogP contribution in [0.5, 0.6) is 0 Å². The van der Waals surface area contributed by atoms with Gasteiger partial charge in [-0.1, -0.05) is 13.3 Å². The van der Waals surface area contributed by atoms with E-state index >= 15 is 0 Å². The van der Waals surface area contributed by atoms with Crippen LogP contribution >= 0.6 is 0 Å². The molecular weight excluding hydrogens is 130 g/mol. The maximum Gasteiger partial charge on any atom is 0.0658 e. The Balaban J connectivity index is 0. The van der Waals surface area contributed by atoms with E-state index < -0.39 is 5.66 Å². The number of aliphatic hydroxyl groups is 1. The molecule has 64 valence electrons. The van der Waals surface area contributed by atoms with E-state index in [0.29, 0.717) is 6.42 Å². The first-order valence-corrected chi connectivity index (χ1v) is 3.31. The molecule has 0 atom stereocenters. The summed E-state index contributed by atoms with van der Waals surface area (Å²) in [5.74, 6) is 0. The molecule has 0 spiro atoms. The molecule has 0 rings (SSSR count). The van der Waals surface area contributed by atoms with Gasteiger partial charge in [-0.3, -0.25) is 0 Å². The molecule has 0 aliphatic carbocycles. The summed E-state index contributed by atoms with van der Waals surface area (Å²) < 4.78 is 0. The average Bonchev–Trinajstić information content (AvgIpc) is 1.64. The lowest BCUT2D eigenvalue weighted by Gasteiger charge is -2.22. The monoisotopic (exact) mass is 149 g/mol. The number of hydrogen-bond acceptors (Lipinski definition) is 4. The first kappa shape index (κ1) is 12.5. The second kappa shape index (κ2) is 5.61. The molecule has 0 amide bonds. The standard InChI is InChI=1S/C6H16N2O.H3N/c1-2-3-6(7,8)4-5-9;/h9H,2-5,7-8H2,1H3;1H3. The van der Waals surface area contributed by atoms with E-state index in [-0.39, 0.29) is 12.8 Å². The zero-order valence-corrected chi connectivity index (χ0v) is 6.64. The number of hydrogen-bond donors (Lipinski definition) is 4. The van der Waals surface area contributed by atoms with Crippen LogP contribution in [0.2, 0.25) is 0 Å². The van der Waals surface area contributed by atoms with Crippen LogP contribution < -0.4 is 17.6 Å². The van der Waals surface area contributed by atoms with E-state index in [9.17, 15) is 0 Å². The van der Waals surface area contributed by atoms with Crippen LogP contribution in [-0.4, -0.2) is 17.4 Å². The maximum atomic E-state index is 8.47. The van der Waals surface area contributed by atoms with Gasteiger partial charge in [0, 0.05) is 13.0 Å². The lowest BCUT2D eigenvalue weighted by Crippen LogP contribution is -2.49. The van der Waals surface area contributed by atoms with E-state index in [1.165, 1.54) is 0 Å². The van der Waals surface area contributed by atoms with Crippen LogP contribution in [0, 0.1) is 0 Å². The summed E-state index contributed by atoms with van der Waals surface area (Å²) in [5.41, 5.74) is 10.5. The minimum atomic E-state index is -0.649. The van der Waals surface area contributed by atoms with Crippen LogP contribution in [0.1, 0.15) is 26.2 Å². The molecule has 0 saturated carbocycles. The van der Waals surface area contributed by atoms with Gasteiger partial charge in [0.25, 0.3) is 0 Å². The normalized spacial score (nSPS) is 10.8. The van der Waals surface area contributed by atoms with Crippen LogP contribution in [0.15, 0.2) is 0 Å². The van der Waals surface area contributed by atoms with Crippen molar-refractivity contribution in [2.75, 3.05) is 6.61 Å². The molecule has 0 aromatic rings. The van der Waals surface area contributed by atoms with Crippen molar-refractivity contribution in [1.82, 2.24) is 6.15 Å². The van der Waals surface area contributed by atoms with Crippen molar-refractivity contribution in [3.8, 4) is 0 Å². The minimum absolute atomic E-state index is 0. The van der Waals surface area contributed by atoms with Crippen LogP contribution in [-0.2, 0) is 0 Å². The third-order valence-corrected chi connectivity index (χ3v) is 1.29. The van der Waals surface area contributed by atoms with E-state index in [4.69, 9.17) is 16.6 Å². The maximum absolute atomic E-state index is 8.47. The Hall–Kier alpha value is -0.160. The summed E-state index contributed by atoms with van der Waals surface area (Å²) in [6.45, 7) is 2.10. The highest BCUT2D eigenvalue weighted by molar-refractivity contribution is 4.74. The van der Waals surface area contributed by atoms with Crippen molar-refractivity contribution in [3.63, 3.8) is 0 Å². The summed E-state index contributed by atoms with van der Waals surface area (Å²) in [6.07, 6.45) is 2.22. The van der Waals surface area contributed by atoms with Gasteiger partial charge in [0.15, 0.2) is 0 Å². The van der Waals surface area contributed by atoms with Gasteiger partial charge in [0.2, 0.25) is 0 Å². The quantitative estimate of drug-likeness (QED) is 0.420. The van der Waals surface area contributed by atoms with Crippen molar-refractivity contribution in [2.24, 2.45) is 11.5 Å². The first-order valence-electron chi connectivity index (χ1n) is 3.31. The Labute approximate surface area is 62.2 Å². The van der Waals surface area contributed by atoms with Crippen molar-refractivity contribution in [3.05, 3.63) is 0 Å². The van der Waals surface area contributed by atoms with Gasteiger partial charge in [-0.15, -0.1) is 0 Å². The molecule has 0 fully saturated rings. The Bertz CT molecular complexity index is 67.4. The SMILES string of the molecule is CCCC(N)(N)CCO.N. The highest BCUT2D eigenvalue weighted by Gasteiger charge is 2.15. The Morgan fingerprint density at radius 1 is 1.30 bits per heavy atom. The molecule has 8 N–H and O–H groups in total. The zero-order chi connectivity index (χ0) is 7.33. The Morgan fingerprint density at radius 3 is 2.10 bits per heavy atom. The van der Waals surface area contributed by atoms with Crippen LogP contribution in [0.25, 0.3) is 0 Å². The summed E-state index contributed by atoms with van der Waals surface area (Å²) in [4.78, 5) is 0. The lowest BCUT2D eigenvalue weighted by molar-refractivity contribution is 0.233. The average molecular weight is 149 g/mol. The Morgan fingerprint density at radius 2 is 1.80 bits per heavy atom. The van der Waals surface area contributed by atoms with Crippen molar-refractivity contribution < 1.29 is 5.11 Å². The number of aliphatic hydroxyl groups excluding tert-OH is 1. The van der Waals surface area contributed by atoms with Crippen molar-refractivity contribution in [2.45, 2.75) is 31.8 Å². The van der Waals surface area contributed by atoms with Crippen molar-refractivity contribution >= 4 is 0 Å². The third-order valence-electron chi connectivity index (χ3n) is 1.29. The van der Waals surface area contributed by atoms with Gasteiger partial charge in [0.1, 0.15) is 0 Å². The molecule has 0 unspecified atom stereocenters. The molecule has 0 bridgehead atoms. The smallest absolute Gasteiger partial charge is 0.0658 e. The predicted octanol–water partition coefficient (Wildman–Crippen LogP) is -0.0554. The molecule has 0 heterocycles. The van der Waals surface area contributed by atoms with Gasteiger partial charge in [-0.05, 0) is 6.42 Å². The molecule has 10 heavy (non-hydrogen) atoms. The van der Waals surface area contributed by atoms with E-state index in [0.717, 1.165) is 12.8 Å². The zero-order valence-electron chi connectivity index (χ0n) is 6.64. The highest BCUT2D eigenvalue weighted by Crippen LogP contribution is 2.05. The third kappa shape index (κ3) is 5.97. The number of nitrogens with two attached hydrogens (primary N) is 2. The summed E-state index contributed by atoms with van der Waals surface area (Å²) in [6, 6.07) is 0. The fraction of sp³-hybridized carbons (Fsp3) is 1.00. The van der Waals surface area contributed by atoms with Crippen molar-refractivity contribution in [1.29, 1.82) is 0 Å². The van der Waals surface area contributed by atoms with Gasteiger partial charge in [0.05, 0.1) is 5.66 Å². The molecule has 4 heteroatoms. The first-order chi connectivity index (χ1) is 4.12. The molecule has 0 aliphatic rings. The van der Waals surface area contributed by atoms with Gasteiger partial charge in [-0.2, -0.15) is 0 Å². The predicted molar refractivity (Wildman–Crippen MR) is 42.7 cm³/mol. The molecule has 4 nitrogen and oxygen atoms in total. The van der Waals surface area contributed by atoms with E-state index in [2.05, 4.69) is 0 Å². The fourth-order valence-corrected chi connectivity index (χ4v) is 0.799. The molecule has 0 aromatic heterocycles. The number of rotatable bonds is 4. The molecule has 0 saturated heterocycles. The summed E-state index contributed by atoms with van der Waals surface area (Å²) >= 11 is 0. The molecular formula is C6H19N3O. The Kier molecular flexibility index (Phi) is 7.02. The van der Waals surface area contributed by atoms with Crippen LogP contribution in [0.4, 0.5) is 0 Å². The summed E-state index contributed by atoms with van der Waals surface area (Å²) in [7, 11) is 0.